The van der Waals surface area contributed by atoms with Crippen LogP contribution in [0.3, 0.4) is 0 Å². The maximum absolute atomic E-state index is 5.86. The molecule has 1 aromatic rings. The Labute approximate surface area is 140 Å². The van der Waals surface area contributed by atoms with Crippen LogP contribution in [0.15, 0.2) is 84.7 Å². The minimum absolute atomic E-state index is 0.450. The van der Waals surface area contributed by atoms with E-state index in [1.807, 2.05) is 43.4 Å². The second kappa shape index (κ2) is 10.4. The summed E-state index contributed by atoms with van der Waals surface area (Å²) in [6.45, 7) is 13.3. The molecule has 1 aromatic carbocycles. The van der Waals surface area contributed by atoms with Crippen LogP contribution in [0.1, 0.15) is 25.8 Å². The fraction of sp³-hybridized carbons (Fsp3) is 0.238. The predicted octanol–water partition coefficient (Wildman–Crippen LogP) is 5.03. The van der Waals surface area contributed by atoms with Crippen molar-refractivity contribution in [2.24, 2.45) is 5.73 Å². The second-order valence-corrected chi connectivity index (χ2v) is 5.16. The zero-order valence-corrected chi connectivity index (χ0v) is 14.2. The Balaban J connectivity index is 3.06. The predicted molar refractivity (Wildman–Crippen MR) is 101 cm³/mol. The molecule has 0 heterocycles. The van der Waals surface area contributed by atoms with Gasteiger partial charge in [-0.25, -0.2) is 0 Å². The molecule has 2 heteroatoms. The highest BCUT2D eigenvalue weighted by molar-refractivity contribution is 5.71. The first-order chi connectivity index (χ1) is 11.1. The Kier molecular flexibility index (Phi) is 8.48. The number of rotatable bonds is 9. The fourth-order valence-electron chi connectivity index (χ4n) is 2.03. The van der Waals surface area contributed by atoms with Crippen molar-refractivity contribution < 1.29 is 4.74 Å². The molecule has 122 valence electrons. The van der Waals surface area contributed by atoms with E-state index in [-0.39, 0.29) is 0 Å². The lowest BCUT2D eigenvalue weighted by Gasteiger charge is -2.16. The minimum Gasteiger partial charge on any atom is -0.491 e. The van der Waals surface area contributed by atoms with E-state index < -0.39 is 0 Å². The van der Waals surface area contributed by atoms with E-state index in [0.717, 1.165) is 34.5 Å². The number of benzene rings is 1. The van der Waals surface area contributed by atoms with Crippen molar-refractivity contribution in [3.8, 4) is 0 Å². The molecular formula is C21H27NO. The molecule has 0 fully saturated rings. The normalized spacial score (nSPS) is 12.5. The Morgan fingerprint density at radius 1 is 1.17 bits per heavy atom. The molecule has 0 aromatic heterocycles. The molecule has 0 aliphatic rings. The third kappa shape index (κ3) is 6.13. The average molecular weight is 309 g/mol. The molecule has 23 heavy (non-hydrogen) atoms. The van der Waals surface area contributed by atoms with Crippen LogP contribution in [0, 0.1) is 0 Å². The van der Waals surface area contributed by atoms with E-state index in [1.54, 1.807) is 0 Å². The fourth-order valence-corrected chi connectivity index (χ4v) is 2.03. The number of nitrogens with two attached hydrogens (primary N) is 1. The quantitative estimate of drug-likeness (QED) is 0.513. The van der Waals surface area contributed by atoms with Gasteiger partial charge in [0.2, 0.25) is 0 Å². The molecule has 2 nitrogen and oxygen atoms in total. The van der Waals surface area contributed by atoms with Gasteiger partial charge in [0.25, 0.3) is 0 Å². The van der Waals surface area contributed by atoms with E-state index in [0.29, 0.717) is 13.2 Å². The van der Waals surface area contributed by atoms with Gasteiger partial charge in [-0.05, 0) is 30.1 Å². The summed E-state index contributed by atoms with van der Waals surface area (Å²) in [4.78, 5) is 0. The van der Waals surface area contributed by atoms with Crippen molar-refractivity contribution in [1.82, 2.24) is 0 Å². The summed E-state index contributed by atoms with van der Waals surface area (Å²) in [5, 5.41) is 0. The summed E-state index contributed by atoms with van der Waals surface area (Å²) in [5.41, 5.74) is 9.32. The lowest BCUT2D eigenvalue weighted by atomic mass is 9.99. The Hall–Kier alpha value is -2.32. The zero-order chi connectivity index (χ0) is 17.1. The largest absolute Gasteiger partial charge is 0.491 e. The molecule has 1 rings (SSSR count). The number of allylic oxidation sites excluding steroid dienone is 6. The lowest BCUT2D eigenvalue weighted by Crippen LogP contribution is -2.10. The number of hydrogen-bond donors (Lipinski definition) is 1. The zero-order valence-electron chi connectivity index (χ0n) is 14.2. The molecule has 0 radical (unpaired) electrons. The Morgan fingerprint density at radius 2 is 1.87 bits per heavy atom. The molecule has 0 amide bonds. The maximum atomic E-state index is 5.86. The first-order valence-corrected chi connectivity index (χ1v) is 7.92. The highest BCUT2D eigenvalue weighted by Crippen LogP contribution is 2.27. The van der Waals surface area contributed by atoms with E-state index in [9.17, 15) is 0 Å². The van der Waals surface area contributed by atoms with Gasteiger partial charge in [-0.2, -0.15) is 0 Å². The highest BCUT2D eigenvalue weighted by atomic mass is 16.5. The van der Waals surface area contributed by atoms with Gasteiger partial charge in [0.1, 0.15) is 12.4 Å². The van der Waals surface area contributed by atoms with Crippen molar-refractivity contribution in [1.29, 1.82) is 0 Å². The first kappa shape index (κ1) is 18.7. The highest BCUT2D eigenvalue weighted by Gasteiger charge is 2.12. The molecular weight excluding hydrogens is 282 g/mol. The third-order valence-electron chi connectivity index (χ3n) is 3.35. The Morgan fingerprint density at radius 3 is 2.48 bits per heavy atom. The molecule has 0 saturated heterocycles. The van der Waals surface area contributed by atoms with Gasteiger partial charge in [0.15, 0.2) is 0 Å². The van der Waals surface area contributed by atoms with Crippen LogP contribution in [-0.4, -0.2) is 13.2 Å². The maximum Gasteiger partial charge on any atom is 0.130 e. The van der Waals surface area contributed by atoms with E-state index in [4.69, 9.17) is 10.5 Å². The monoisotopic (exact) mass is 309 g/mol. The number of ether oxygens (including phenoxy) is 1. The summed E-state index contributed by atoms with van der Waals surface area (Å²) >= 11 is 0. The van der Waals surface area contributed by atoms with Crippen LogP contribution in [0.5, 0.6) is 0 Å². The Bertz CT molecular complexity index is 606. The van der Waals surface area contributed by atoms with E-state index in [1.165, 1.54) is 0 Å². The SMILES string of the molecule is C=C(C=CC=CCC)C(=C)C(OCCN)=C(C)c1ccccc1. The molecule has 0 bridgehead atoms. The van der Waals surface area contributed by atoms with Gasteiger partial charge >= 0.3 is 0 Å². The van der Waals surface area contributed by atoms with Crippen LogP contribution in [0.25, 0.3) is 5.57 Å². The summed E-state index contributed by atoms with van der Waals surface area (Å²) in [5.74, 6) is 0.746. The molecule has 0 aliphatic carbocycles. The van der Waals surface area contributed by atoms with Gasteiger partial charge in [0, 0.05) is 12.1 Å². The molecule has 0 atom stereocenters. The topological polar surface area (TPSA) is 35.2 Å². The first-order valence-electron chi connectivity index (χ1n) is 7.92. The van der Waals surface area contributed by atoms with Crippen molar-refractivity contribution >= 4 is 5.57 Å². The summed E-state index contributed by atoms with van der Waals surface area (Å²) in [6, 6.07) is 10.1. The van der Waals surface area contributed by atoms with Crippen LogP contribution >= 0.6 is 0 Å². The van der Waals surface area contributed by atoms with Crippen molar-refractivity contribution in [3.63, 3.8) is 0 Å². The standard InChI is InChI=1S/C21H27NO/c1-5-6-7-9-12-17(2)18(3)21(23-16-15-22)19(4)20-13-10-8-11-14-20/h6-14H,2-3,5,15-16,22H2,1,4H3. The van der Waals surface area contributed by atoms with Crippen LogP contribution < -0.4 is 5.73 Å². The van der Waals surface area contributed by atoms with E-state index >= 15 is 0 Å². The van der Waals surface area contributed by atoms with Gasteiger partial charge in [-0.1, -0.05) is 74.7 Å². The number of hydrogen-bond acceptors (Lipinski definition) is 2. The molecule has 0 saturated carbocycles. The minimum atomic E-state index is 0.450. The van der Waals surface area contributed by atoms with Crippen LogP contribution in [0.4, 0.5) is 0 Å². The van der Waals surface area contributed by atoms with Crippen LogP contribution in [-0.2, 0) is 4.74 Å². The van der Waals surface area contributed by atoms with Gasteiger partial charge in [-0.3, -0.25) is 0 Å². The summed E-state index contributed by atoms with van der Waals surface area (Å²) in [6.07, 6.45) is 9.01. The van der Waals surface area contributed by atoms with Crippen molar-refractivity contribution in [2.75, 3.05) is 13.2 Å². The van der Waals surface area contributed by atoms with Gasteiger partial charge in [0.05, 0.1) is 0 Å². The van der Waals surface area contributed by atoms with Crippen molar-refractivity contribution in [3.05, 3.63) is 90.3 Å². The average Bonchev–Trinajstić information content (AvgIpc) is 2.59. The summed E-state index contributed by atoms with van der Waals surface area (Å²) in [7, 11) is 0. The molecule has 0 unspecified atom stereocenters. The lowest BCUT2D eigenvalue weighted by molar-refractivity contribution is 0.232. The van der Waals surface area contributed by atoms with Crippen LogP contribution in [0.2, 0.25) is 0 Å². The molecule has 2 N–H and O–H groups in total. The third-order valence-corrected chi connectivity index (χ3v) is 3.35. The smallest absolute Gasteiger partial charge is 0.130 e. The second-order valence-electron chi connectivity index (χ2n) is 5.16. The van der Waals surface area contributed by atoms with Gasteiger partial charge < -0.3 is 10.5 Å². The van der Waals surface area contributed by atoms with Gasteiger partial charge in [-0.15, -0.1) is 0 Å². The molecule has 0 spiro atoms. The molecule has 0 aliphatic heterocycles. The van der Waals surface area contributed by atoms with E-state index in [2.05, 4.69) is 38.3 Å². The summed E-state index contributed by atoms with van der Waals surface area (Å²) < 4.78 is 5.86. The van der Waals surface area contributed by atoms with Crippen molar-refractivity contribution in [2.45, 2.75) is 20.3 Å².